The van der Waals surface area contributed by atoms with Crippen molar-refractivity contribution in [1.82, 2.24) is 25.1 Å². The zero-order valence-corrected chi connectivity index (χ0v) is 26.7. The zero-order chi connectivity index (χ0) is 34.6. The van der Waals surface area contributed by atoms with E-state index in [0.29, 0.717) is 38.2 Å². The highest BCUT2D eigenvalue weighted by atomic mass is 19.4. The highest BCUT2D eigenvalue weighted by Gasteiger charge is 2.36. The molecule has 2 fully saturated rings. The van der Waals surface area contributed by atoms with Gasteiger partial charge in [0.2, 0.25) is 0 Å². The molecule has 0 saturated carbocycles. The molecule has 3 aromatic rings. The number of ether oxygens (including phenoxy) is 2. The Bertz CT molecular complexity index is 1720. The van der Waals surface area contributed by atoms with Crippen LogP contribution in [-0.4, -0.2) is 97.7 Å². The first kappa shape index (κ1) is 34.9. The fourth-order valence-electron chi connectivity index (χ4n) is 6.23. The van der Waals surface area contributed by atoms with Gasteiger partial charge in [-0.1, -0.05) is 18.8 Å². The summed E-state index contributed by atoms with van der Waals surface area (Å²) in [6.45, 7) is 2.38. The lowest BCUT2D eigenvalue weighted by molar-refractivity contribution is -0.140. The Morgan fingerprint density at radius 1 is 1.15 bits per heavy atom. The predicted molar refractivity (Wildman–Crippen MR) is 168 cm³/mol. The number of hydrogen-bond acceptors (Lipinski definition) is 7. The molecule has 3 heterocycles. The number of halogens is 5. The maximum absolute atomic E-state index is 14.5. The lowest BCUT2D eigenvalue weighted by Gasteiger charge is -2.43. The number of imidazole rings is 1. The smallest absolute Gasteiger partial charge is 0.406 e. The van der Waals surface area contributed by atoms with Gasteiger partial charge in [-0.25, -0.2) is 13.8 Å². The van der Waals surface area contributed by atoms with E-state index >= 15 is 0 Å². The number of amides is 2. The number of carbonyl (C=O) groups is 2. The first-order chi connectivity index (χ1) is 22.9. The first-order valence-corrected chi connectivity index (χ1v) is 15.5. The lowest BCUT2D eigenvalue weighted by Crippen LogP contribution is -2.56. The number of hydrogen-bond donors (Lipinski definition) is 3. The average Bonchev–Trinajstić information content (AvgIpc) is 3.44. The van der Waals surface area contributed by atoms with Crippen molar-refractivity contribution in [2.75, 3.05) is 52.3 Å². The molecular formula is C33H37F5N6O4. The summed E-state index contributed by atoms with van der Waals surface area (Å²) in [6, 6.07) is 4.78. The normalized spacial score (nSPS) is 21.7. The number of methoxy groups -OCH3 is 1. The molecule has 4 atom stereocenters. The number of piperidine rings is 1. The monoisotopic (exact) mass is 676 g/mol. The van der Waals surface area contributed by atoms with Crippen molar-refractivity contribution >= 4 is 28.5 Å². The van der Waals surface area contributed by atoms with Crippen molar-refractivity contribution in [2.24, 2.45) is 5.92 Å². The zero-order valence-electron chi connectivity index (χ0n) is 26.7. The second-order valence-corrected chi connectivity index (χ2v) is 11.9. The van der Waals surface area contributed by atoms with Gasteiger partial charge in [-0.05, 0) is 37.0 Å². The molecule has 2 aromatic carbocycles. The molecule has 3 N–H and O–H groups in total. The van der Waals surface area contributed by atoms with Gasteiger partial charge in [0.05, 0.1) is 48.9 Å². The third-order valence-corrected chi connectivity index (χ3v) is 8.66. The minimum atomic E-state index is -4.53. The van der Waals surface area contributed by atoms with Crippen LogP contribution in [0.3, 0.4) is 0 Å². The quantitative estimate of drug-likeness (QED) is 0.243. The van der Waals surface area contributed by atoms with Gasteiger partial charge in [0, 0.05) is 50.5 Å². The molecule has 0 bridgehead atoms. The first-order valence-electron chi connectivity index (χ1n) is 15.5. The van der Waals surface area contributed by atoms with Crippen molar-refractivity contribution in [3.05, 3.63) is 53.1 Å². The Labute approximate surface area is 274 Å². The van der Waals surface area contributed by atoms with Crippen LogP contribution in [0.2, 0.25) is 0 Å². The third kappa shape index (κ3) is 7.99. The van der Waals surface area contributed by atoms with Gasteiger partial charge < -0.3 is 30.0 Å². The number of rotatable bonds is 8. The van der Waals surface area contributed by atoms with E-state index < -0.39 is 36.5 Å². The van der Waals surface area contributed by atoms with Crippen molar-refractivity contribution in [1.29, 1.82) is 0 Å². The number of fused-ring (bicyclic) bond motifs is 1. The maximum atomic E-state index is 14.5. The molecule has 48 heavy (non-hydrogen) atoms. The largest absolute Gasteiger partial charge is 0.494 e. The van der Waals surface area contributed by atoms with Gasteiger partial charge in [0.1, 0.15) is 29.8 Å². The molecule has 0 unspecified atom stereocenters. The molecule has 2 aliphatic heterocycles. The minimum Gasteiger partial charge on any atom is -0.494 e. The van der Waals surface area contributed by atoms with E-state index in [0.717, 1.165) is 17.0 Å². The van der Waals surface area contributed by atoms with E-state index in [1.807, 2.05) is 6.92 Å². The summed E-state index contributed by atoms with van der Waals surface area (Å²) in [6.07, 6.45) is -3.39. The van der Waals surface area contributed by atoms with Crippen molar-refractivity contribution in [3.63, 3.8) is 0 Å². The van der Waals surface area contributed by atoms with Crippen molar-refractivity contribution < 1.29 is 41.0 Å². The van der Waals surface area contributed by atoms with E-state index in [-0.39, 0.29) is 64.6 Å². The molecule has 1 aromatic heterocycles. The van der Waals surface area contributed by atoms with Gasteiger partial charge in [-0.3, -0.25) is 14.5 Å². The van der Waals surface area contributed by atoms with E-state index in [4.69, 9.17) is 9.47 Å². The lowest BCUT2D eigenvalue weighted by atomic mass is 9.90. The molecule has 0 spiro atoms. The number of alkyl halides is 4. The summed E-state index contributed by atoms with van der Waals surface area (Å²) in [5, 5.41) is 8.35. The molecule has 0 aliphatic carbocycles. The molecule has 5 rings (SSSR count). The van der Waals surface area contributed by atoms with E-state index in [2.05, 4.69) is 37.7 Å². The molecule has 10 nitrogen and oxygen atoms in total. The number of aromatic nitrogens is 2. The van der Waals surface area contributed by atoms with Gasteiger partial charge in [-0.2, -0.15) is 13.2 Å². The van der Waals surface area contributed by atoms with Gasteiger partial charge in [-0.15, -0.1) is 0 Å². The van der Waals surface area contributed by atoms with Crippen LogP contribution in [0.1, 0.15) is 46.0 Å². The Kier molecular flexibility index (Phi) is 10.7. The molecule has 258 valence electrons. The highest BCUT2D eigenvalue weighted by molar-refractivity contribution is 6.05. The summed E-state index contributed by atoms with van der Waals surface area (Å²) in [5.74, 6) is 3.94. The van der Waals surface area contributed by atoms with Crippen LogP contribution in [0.5, 0.6) is 5.75 Å². The van der Waals surface area contributed by atoms with Crippen LogP contribution in [0.25, 0.3) is 11.0 Å². The summed E-state index contributed by atoms with van der Waals surface area (Å²) >= 11 is 0. The van der Waals surface area contributed by atoms with Crippen molar-refractivity contribution in [2.45, 2.75) is 50.7 Å². The van der Waals surface area contributed by atoms with E-state index in [1.165, 1.54) is 32.4 Å². The van der Waals surface area contributed by atoms with Crippen LogP contribution < -0.4 is 20.7 Å². The second-order valence-electron chi connectivity index (χ2n) is 11.9. The van der Waals surface area contributed by atoms with Crippen LogP contribution in [-0.2, 0) is 11.3 Å². The fourth-order valence-corrected chi connectivity index (χ4v) is 6.23. The van der Waals surface area contributed by atoms with Crippen LogP contribution in [0, 0.1) is 23.6 Å². The summed E-state index contributed by atoms with van der Waals surface area (Å²) in [5.41, 5.74) is 0.623. The Morgan fingerprint density at radius 2 is 1.94 bits per heavy atom. The number of nitrogens with zero attached hydrogens (tertiary/aromatic N) is 3. The topological polar surface area (TPSA) is 110 Å². The van der Waals surface area contributed by atoms with Gasteiger partial charge in [0.25, 0.3) is 11.8 Å². The standard InChI is InChI=1S/C33H37F5N6O4/c1-19-15-43(27-7-10-48-16-24(27)35)9-6-25(19)42-32(46)22-11-20(12-28-30(22)41-18-44(28)17-33(36,37)38)5-4-8-40-26-13-21(31(45)39-2)23(34)14-29(26)47-3/h11-14,18-19,24-25,27,40H,6-10,15-17H2,1-3H3,(H,39,45)(H,42,46)/t19-,24+,25-,27+/m0/s1. The summed E-state index contributed by atoms with van der Waals surface area (Å²) in [4.78, 5) is 32.0. The van der Waals surface area contributed by atoms with Crippen LogP contribution >= 0.6 is 0 Å². The number of likely N-dealkylation sites (tertiary alicyclic amines) is 1. The number of anilines is 1. The molecule has 2 amide bonds. The predicted octanol–water partition coefficient (Wildman–Crippen LogP) is 4.14. The maximum Gasteiger partial charge on any atom is 0.406 e. The Hall–Kier alpha value is -4.42. The summed E-state index contributed by atoms with van der Waals surface area (Å²) in [7, 11) is 2.71. The fraction of sp³-hybridized carbons (Fsp3) is 0.485. The van der Waals surface area contributed by atoms with Crippen molar-refractivity contribution in [3.8, 4) is 17.6 Å². The second kappa shape index (κ2) is 14.8. The molecule has 2 aliphatic rings. The number of carbonyl (C=O) groups excluding carboxylic acids is 2. The van der Waals surface area contributed by atoms with Crippen LogP contribution in [0.4, 0.5) is 27.6 Å². The van der Waals surface area contributed by atoms with Gasteiger partial charge >= 0.3 is 6.18 Å². The average molecular weight is 677 g/mol. The van der Waals surface area contributed by atoms with E-state index in [1.54, 1.807) is 0 Å². The molecule has 15 heteroatoms. The third-order valence-electron chi connectivity index (χ3n) is 8.66. The Balaban J connectivity index is 1.36. The highest BCUT2D eigenvalue weighted by Crippen LogP contribution is 2.29. The number of benzene rings is 2. The SMILES string of the molecule is CNC(=O)c1cc(NCC#Cc2cc(C(=O)N[C@H]3CCN([C@@H]4CCOC[C@H]4F)C[C@@H]3C)c3ncn(CC(F)(F)F)c3c2)c(OC)cc1F. The molecular weight excluding hydrogens is 639 g/mol. The Morgan fingerprint density at radius 3 is 2.62 bits per heavy atom. The minimum absolute atomic E-state index is 0.0144. The van der Waals surface area contributed by atoms with Crippen LogP contribution in [0.15, 0.2) is 30.6 Å². The van der Waals surface area contributed by atoms with E-state index in [9.17, 15) is 31.5 Å². The number of nitrogens with one attached hydrogen (secondary N) is 3. The molecule has 0 radical (unpaired) electrons. The summed E-state index contributed by atoms with van der Waals surface area (Å²) < 4.78 is 80.4. The van der Waals surface area contributed by atoms with Gasteiger partial charge in [0.15, 0.2) is 0 Å². The molecule has 2 saturated heterocycles.